The van der Waals surface area contributed by atoms with Gasteiger partial charge in [0.15, 0.2) is 5.69 Å². The highest BCUT2D eigenvalue weighted by molar-refractivity contribution is 5.94. The number of nitrogens with zero attached hydrogens (tertiary/aromatic N) is 2. The molecule has 160 valence electrons. The minimum atomic E-state index is -0.444. The van der Waals surface area contributed by atoms with Crippen LogP contribution in [0.4, 0.5) is 0 Å². The Hall–Kier alpha value is -4.12. The molecule has 0 amide bonds. The lowest BCUT2D eigenvalue weighted by molar-refractivity contribution is 0.0519. The summed E-state index contributed by atoms with van der Waals surface area (Å²) < 4.78 is 12.3. The zero-order valence-corrected chi connectivity index (χ0v) is 18.1. The Morgan fingerprint density at radius 1 is 0.938 bits per heavy atom. The van der Waals surface area contributed by atoms with Gasteiger partial charge in [-0.3, -0.25) is 0 Å². The molecule has 1 heterocycles. The third-order valence-electron chi connectivity index (χ3n) is 4.98. The van der Waals surface area contributed by atoms with E-state index in [4.69, 9.17) is 9.47 Å². The number of benzene rings is 3. The Morgan fingerprint density at radius 2 is 1.59 bits per heavy atom. The summed E-state index contributed by atoms with van der Waals surface area (Å²) in [6.07, 6.45) is 2.08. The molecule has 5 nitrogen and oxygen atoms in total. The summed E-state index contributed by atoms with van der Waals surface area (Å²) in [6.45, 7) is 2.07. The second-order valence-corrected chi connectivity index (χ2v) is 7.08. The lowest BCUT2D eigenvalue weighted by Crippen LogP contribution is -2.07. The van der Waals surface area contributed by atoms with Gasteiger partial charge in [0.25, 0.3) is 0 Å². The van der Waals surface area contributed by atoms with Crippen molar-refractivity contribution in [3.05, 3.63) is 114 Å². The maximum absolute atomic E-state index is 12.5. The minimum absolute atomic E-state index is 0.266. The molecule has 5 heteroatoms. The molecule has 0 aliphatic rings. The smallest absolute Gasteiger partial charge is 0.358 e. The van der Waals surface area contributed by atoms with Crippen LogP contribution in [0.1, 0.15) is 34.2 Å². The number of carbonyl (C=O) groups is 1. The van der Waals surface area contributed by atoms with E-state index in [1.54, 1.807) is 24.8 Å². The van der Waals surface area contributed by atoms with Crippen molar-refractivity contribution < 1.29 is 14.3 Å². The first-order chi connectivity index (χ1) is 15.7. The molecule has 3 aromatic carbocycles. The van der Waals surface area contributed by atoms with Crippen molar-refractivity contribution in [1.29, 1.82) is 0 Å². The maximum atomic E-state index is 12.5. The van der Waals surface area contributed by atoms with Crippen molar-refractivity contribution >= 4 is 17.6 Å². The quantitative estimate of drug-likeness (QED) is 0.284. The van der Waals surface area contributed by atoms with Crippen LogP contribution >= 0.6 is 0 Å². The average molecular weight is 425 g/mol. The van der Waals surface area contributed by atoms with E-state index in [0.717, 1.165) is 33.8 Å². The predicted molar refractivity (Wildman–Crippen MR) is 126 cm³/mol. The molecule has 0 fully saturated rings. The van der Waals surface area contributed by atoms with Crippen LogP contribution in [0.15, 0.2) is 91.0 Å². The molecule has 0 radical (unpaired) electrons. The van der Waals surface area contributed by atoms with Gasteiger partial charge in [0, 0.05) is 5.57 Å². The number of methoxy groups -OCH3 is 1. The van der Waals surface area contributed by atoms with E-state index in [0.29, 0.717) is 6.61 Å². The zero-order valence-electron chi connectivity index (χ0n) is 18.1. The van der Waals surface area contributed by atoms with E-state index in [-0.39, 0.29) is 5.69 Å². The fourth-order valence-corrected chi connectivity index (χ4v) is 3.43. The molecule has 32 heavy (non-hydrogen) atoms. The summed E-state index contributed by atoms with van der Waals surface area (Å²) in [5.74, 6) is 0.350. The summed E-state index contributed by atoms with van der Waals surface area (Å²) in [5.41, 5.74) is 4.86. The lowest BCUT2D eigenvalue weighted by atomic mass is 9.99. The molecule has 0 bridgehead atoms. The molecule has 0 aliphatic carbocycles. The Balaban J connectivity index is 1.91. The van der Waals surface area contributed by atoms with E-state index in [9.17, 15) is 4.79 Å². The van der Waals surface area contributed by atoms with Crippen molar-refractivity contribution in [3.8, 4) is 11.4 Å². The van der Waals surface area contributed by atoms with E-state index >= 15 is 0 Å². The van der Waals surface area contributed by atoms with Gasteiger partial charge in [-0.15, -0.1) is 0 Å². The third kappa shape index (κ3) is 4.62. The van der Waals surface area contributed by atoms with E-state index in [1.165, 1.54) is 0 Å². The van der Waals surface area contributed by atoms with E-state index in [2.05, 4.69) is 11.2 Å². The Bertz CT molecular complexity index is 1210. The molecule has 0 aliphatic heterocycles. The highest BCUT2D eigenvalue weighted by atomic mass is 16.5. The van der Waals surface area contributed by atoms with Gasteiger partial charge in [-0.2, -0.15) is 5.10 Å². The maximum Gasteiger partial charge on any atom is 0.358 e. The molecule has 0 N–H and O–H groups in total. The second kappa shape index (κ2) is 9.79. The number of ether oxygens (including phenoxy) is 2. The Morgan fingerprint density at radius 3 is 2.22 bits per heavy atom. The van der Waals surface area contributed by atoms with Crippen LogP contribution < -0.4 is 4.74 Å². The summed E-state index contributed by atoms with van der Waals surface area (Å²) >= 11 is 0. The van der Waals surface area contributed by atoms with Crippen LogP contribution in [0.5, 0.6) is 5.75 Å². The summed E-state index contributed by atoms with van der Waals surface area (Å²) in [5, 5.41) is 4.60. The molecule has 1 aromatic heterocycles. The standard InChI is InChI=1S/C27H24N2O3/c1-3-32-27(30)25-19-26(29(28-25)22-12-8-5-9-13-22)24(21-10-6-4-7-11-21)18-20-14-16-23(31-2)17-15-20/h4-19H,3H2,1-2H3/b24-18-. The van der Waals surface area contributed by atoms with Crippen molar-refractivity contribution in [1.82, 2.24) is 9.78 Å². The average Bonchev–Trinajstić information content (AvgIpc) is 3.29. The number of hydrogen-bond donors (Lipinski definition) is 0. The fourth-order valence-electron chi connectivity index (χ4n) is 3.43. The van der Waals surface area contributed by atoms with Gasteiger partial charge in [-0.1, -0.05) is 60.7 Å². The molecule has 0 atom stereocenters. The largest absolute Gasteiger partial charge is 0.497 e. The number of aromatic nitrogens is 2. The number of rotatable bonds is 7. The zero-order chi connectivity index (χ0) is 22.3. The van der Waals surface area contributed by atoms with Gasteiger partial charge in [0.2, 0.25) is 0 Å². The van der Waals surface area contributed by atoms with Gasteiger partial charge >= 0.3 is 5.97 Å². The molecule has 0 spiro atoms. The first kappa shape index (κ1) is 21.1. The third-order valence-corrected chi connectivity index (χ3v) is 4.98. The summed E-state index contributed by atoms with van der Waals surface area (Å²) in [4.78, 5) is 12.5. The van der Waals surface area contributed by atoms with Crippen LogP contribution in [-0.2, 0) is 4.74 Å². The molecule has 0 saturated heterocycles. The van der Waals surface area contributed by atoms with E-state index < -0.39 is 5.97 Å². The SMILES string of the molecule is CCOC(=O)c1cc(/C(=C\c2ccc(OC)cc2)c2ccccc2)n(-c2ccccc2)n1. The Kier molecular flexibility index (Phi) is 6.46. The molecule has 0 unspecified atom stereocenters. The van der Waals surface area contributed by atoms with Gasteiger partial charge < -0.3 is 9.47 Å². The monoisotopic (exact) mass is 424 g/mol. The van der Waals surface area contributed by atoms with Gasteiger partial charge in [0.05, 0.1) is 25.1 Å². The van der Waals surface area contributed by atoms with Gasteiger partial charge in [0.1, 0.15) is 5.75 Å². The Labute approximate surface area is 187 Å². The number of para-hydroxylation sites is 1. The second-order valence-electron chi connectivity index (χ2n) is 7.08. The molecule has 0 saturated carbocycles. The fraction of sp³-hybridized carbons (Fsp3) is 0.111. The highest BCUT2D eigenvalue weighted by Gasteiger charge is 2.20. The lowest BCUT2D eigenvalue weighted by Gasteiger charge is -2.12. The first-order valence-corrected chi connectivity index (χ1v) is 10.4. The number of hydrogen-bond acceptors (Lipinski definition) is 4. The predicted octanol–water partition coefficient (Wildman–Crippen LogP) is 5.65. The van der Waals surface area contributed by atoms with Gasteiger partial charge in [-0.05, 0) is 54.5 Å². The van der Waals surface area contributed by atoms with Crippen LogP contribution in [0.2, 0.25) is 0 Å². The highest BCUT2D eigenvalue weighted by Crippen LogP contribution is 2.29. The van der Waals surface area contributed by atoms with Gasteiger partial charge in [-0.25, -0.2) is 9.48 Å². The molecular formula is C27H24N2O3. The van der Waals surface area contributed by atoms with Crippen LogP contribution in [-0.4, -0.2) is 29.5 Å². The van der Waals surface area contributed by atoms with Crippen molar-refractivity contribution in [3.63, 3.8) is 0 Å². The topological polar surface area (TPSA) is 53.4 Å². The molecular weight excluding hydrogens is 400 g/mol. The number of esters is 1. The minimum Gasteiger partial charge on any atom is -0.497 e. The van der Waals surface area contributed by atoms with E-state index in [1.807, 2.05) is 84.9 Å². The van der Waals surface area contributed by atoms with Crippen molar-refractivity contribution in [2.75, 3.05) is 13.7 Å². The molecule has 4 rings (SSSR count). The summed E-state index contributed by atoms with van der Waals surface area (Å²) in [6, 6.07) is 29.4. The van der Waals surface area contributed by atoms with Crippen LogP contribution in [0.25, 0.3) is 17.3 Å². The van der Waals surface area contributed by atoms with Crippen LogP contribution in [0.3, 0.4) is 0 Å². The normalized spacial score (nSPS) is 11.2. The van der Waals surface area contributed by atoms with Crippen LogP contribution in [0, 0.1) is 0 Å². The first-order valence-electron chi connectivity index (χ1n) is 10.4. The summed E-state index contributed by atoms with van der Waals surface area (Å²) in [7, 11) is 1.65. The molecule has 4 aromatic rings. The number of carbonyl (C=O) groups excluding carboxylic acids is 1. The van der Waals surface area contributed by atoms with Crippen molar-refractivity contribution in [2.24, 2.45) is 0 Å². The van der Waals surface area contributed by atoms with Crippen molar-refractivity contribution in [2.45, 2.75) is 6.92 Å².